The van der Waals surface area contributed by atoms with E-state index in [1.54, 1.807) is 18.2 Å². The summed E-state index contributed by atoms with van der Waals surface area (Å²) in [6.07, 6.45) is 0.140. The Morgan fingerprint density at radius 2 is 1.51 bits per heavy atom. The van der Waals surface area contributed by atoms with Crippen molar-refractivity contribution in [2.24, 2.45) is 0 Å². The molecule has 0 radical (unpaired) electrons. The van der Waals surface area contributed by atoms with E-state index in [0.717, 1.165) is 11.1 Å². The maximum Gasteiger partial charge on any atom is 0.245 e. The van der Waals surface area contributed by atoms with Gasteiger partial charge >= 0.3 is 0 Å². The first-order chi connectivity index (χ1) is 16.8. The van der Waals surface area contributed by atoms with E-state index in [0.29, 0.717) is 11.5 Å². The molecule has 1 atom stereocenters. The van der Waals surface area contributed by atoms with Crippen molar-refractivity contribution in [2.45, 2.75) is 23.9 Å². The molecule has 3 aromatic carbocycles. The van der Waals surface area contributed by atoms with Gasteiger partial charge in [0.05, 0.1) is 21.3 Å². The molecular weight excluding hydrogens is 492 g/mol. The van der Waals surface area contributed by atoms with Gasteiger partial charge in [-0.05, 0) is 47.9 Å². The highest BCUT2D eigenvalue weighted by atomic mass is 35.5. The Morgan fingerprint density at radius 3 is 2.17 bits per heavy atom. The average Bonchev–Trinajstić information content (AvgIpc) is 2.87. The predicted molar refractivity (Wildman–Crippen MR) is 134 cm³/mol. The fourth-order valence-corrected chi connectivity index (χ4v) is 5.08. The molecule has 0 saturated heterocycles. The minimum absolute atomic E-state index is 0.117. The predicted octanol–water partition coefficient (Wildman–Crippen LogP) is 3.57. The lowest BCUT2D eigenvalue weighted by molar-refractivity contribution is -0.122. The quantitative estimate of drug-likeness (QED) is 0.402. The Balaban J connectivity index is 1.84. The van der Waals surface area contributed by atoms with Crippen LogP contribution in [-0.2, 0) is 27.8 Å². The standard InChI is InChI=1S/C25H27ClN2O6S/c1-32-21-11-9-18(14-23(21)34-3)16-27-25(29)20(13-17-7-5-4-6-8-17)28-35(30,31)24-15-19(26)10-12-22(24)33-2/h4-12,14-15,20,28H,13,16H2,1-3H3,(H,27,29)/t20-/m1/s1. The maximum absolute atomic E-state index is 13.2. The van der Waals surface area contributed by atoms with E-state index in [2.05, 4.69) is 10.0 Å². The van der Waals surface area contributed by atoms with Crippen LogP contribution in [0, 0.1) is 0 Å². The van der Waals surface area contributed by atoms with Crippen LogP contribution in [0.3, 0.4) is 0 Å². The smallest absolute Gasteiger partial charge is 0.245 e. The van der Waals surface area contributed by atoms with Crippen molar-refractivity contribution < 1.29 is 27.4 Å². The number of hydrogen-bond donors (Lipinski definition) is 2. The van der Waals surface area contributed by atoms with Gasteiger partial charge in [0.25, 0.3) is 0 Å². The molecule has 35 heavy (non-hydrogen) atoms. The lowest BCUT2D eigenvalue weighted by Gasteiger charge is -2.20. The topological polar surface area (TPSA) is 103 Å². The molecule has 0 bridgehead atoms. The molecule has 8 nitrogen and oxygen atoms in total. The third-order valence-electron chi connectivity index (χ3n) is 5.23. The average molecular weight is 519 g/mol. The molecule has 0 aliphatic carbocycles. The number of nitrogens with one attached hydrogen (secondary N) is 2. The van der Waals surface area contributed by atoms with Crippen LogP contribution < -0.4 is 24.2 Å². The highest BCUT2D eigenvalue weighted by Crippen LogP contribution is 2.28. The number of amides is 1. The number of carbonyl (C=O) groups excluding carboxylic acids is 1. The molecule has 1 amide bonds. The molecule has 3 aromatic rings. The summed E-state index contributed by atoms with van der Waals surface area (Å²) >= 11 is 6.03. The third kappa shape index (κ3) is 6.88. The normalized spacial score (nSPS) is 12.0. The number of rotatable bonds is 11. The molecule has 0 spiro atoms. The molecule has 3 rings (SSSR count). The van der Waals surface area contributed by atoms with Gasteiger partial charge in [0, 0.05) is 11.6 Å². The molecule has 0 aromatic heterocycles. The minimum Gasteiger partial charge on any atom is -0.495 e. The van der Waals surface area contributed by atoms with Crippen LogP contribution in [0.2, 0.25) is 5.02 Å². The lowest BCUT2D eigenvalue weighted by Crippen LogP contribution is -2.47. The molecule has 0 fully saturated rings. The maximum atomic E-state index is 13.2. The van der Waals surface area contributed by atoms with Crippen LogP contribution in [0.25, 0.3) is 0 Å². The summed E-state index contributed by atoms with van der Waals surface area (Å²) in [5.74, 6) is 0.709. The van der Waals surface area contributed by atoms with Gasteiger partial charge < -0.3 is 19.5 Å². The van der Waals surface area contributed by atoms with E-state index in [1.165, 1.54) is 39.5 Å². The Bertz CT molecular complexity index is 1270. The van der Waals surface area contributed by atoms with E-state index in [4.69, 9.17) is 25.8 Å². The molecule has 0 aliphatic rings. The second-order valence-electron chi connectivity index (χ2n) is 7.57. The zero-order valence-electron chi connectivity index (χ0n) is 19.6. The fraction of sp³-hybridized carbons (Fsp3) is 0.240. The molecule has 10 heteroatoms. The summed E-state index contributed by atoms with van der Waals surface area (Å²) in [4.78, 5) is 13.0. The van der Waals surface area contributed by atoms with Crippen LogP contribution in [0.4, 0.5) is 0 Å². The van der Waals surface area contributed by atoms with Crippen molar-refractivity contribution in [1.82, 2.24) is 10.0 Å². The number of sulfonamides is 1. The number of halogens is 1. The van der Waals surface area contributed by atoms with Crippen molar-refractivity contribution >= 4 is 27.5 Å². The molecule has 2 N–H and O–H groups in total. The minimum atomic E-state index is -4.15. The van der Waals surface area contributed by atoms with Gasteiger partial charge in [0.1, 0.15) is 16.7 Å². The summed E-state index contributed by atoms with van der Waals surface area (Å²) in [5, 5.41) is 3.03. The first kappa shape index (κ1) is 26.3. The van der Waals surface area contributed by atoms with E-state index in [9.17, 15) is 13.2 Å². The van der Waals surface area contributed by atoms with E-state index in [1.807, 2.05) is 30.3 Å². The summed E-state index contributed by atoms with van der Waals surface area (Å²) in [6.45, 7) is 0.159. The molecule has 0 heterocycles. The zero-order chi connectivity index (χ0) is 25.4. The molecule has 186 valence electrons. The van der Waals surface area contributed by atoms with Crippen LogP contribution in [0.15, 0.2) is 71.6 Å². The fourth-order valence-electron chi connectivity index (χ4n) is 3.45. The van der Waals surface area contributed by atoms with Crippen LogP contribution >= 0.6 is 11.6 Å². The van der Waals surface area contributed by atoms with Gasteiger partial charge in [-0.3, -0.25) is 4.79 Å². The number of benzene rings is 3. The van der Waals surface area contributed by atoms with E-state index < -0.39 is 22.0 Å². The van der Waals surface area contributed by atoms with Gasteiger partial charge in [-0.1, -0.05) is 48.0 Å². The third-order valence-corrected chi connectivity index (χ3v) is 6.95. The van der Waals surface area contributed by atoms with E-state index in [-0.39, 0.29) is 28.6 Å². The highest BCUT2D eigenvalue weighted by molar-refractivity contribution is 7.89. The lowest BCUT2D eigenvalue weighted by atomic mass is 10.1. The molecular formula is C25H27ClN2O6S. The van der Waals surface area contributed by atoms with Gasteiger partial charge in [-0.25, -0.2) is 8.42 Å². The van der Waals surface area contributed by atoms with Crippen LogP contribution in [0.5, 0.6) is 17.2 Å². The number of ether oxygens (including phenoxy) is 3. The first-order valence-electron chi connectivity index (χ1n) is 10.7. The number of methoxy groups -OCH3 is 3. The van der Waals surface area contributed by atoms with Crippen molar-refractivity contribution in [1.29, 1.82) is 0 Å². The zero-order valence-corrected chi connectivity index (χ0v) is 21.2. The Labute approximate surface area is 210 Å². The summed E-state index contributed by atoms with van der Waals surface area (Å²) < 4.78 is 44.7. The molecule has 0 unspecified atom stereocenters. The van der Waals surface area contributed by atoms with Gasteiger partial charge in [-0.15, -0.1) is 0 Å². The SMILES string of the molecule is COc1ccc(CNC(=O)[C@@H](Cc2ccccc2)NS(=O)(=O)c2cc(Cl)ccc2OC)cc1OC. The highest BCUT2D eigenvalue weighted by Gasteiger charge is 2.28. The van der Waals surface area contributed by atoms with Gasteiger partial charge in [-0.2, -0.15) is 4.72 Å². The Hall–Kier alpha value is -3.27. The monoisotopic (exact) mass is 518 g/mol. The van der Waals surface area contributed by atoms with Crippen molar-refractivity contribution in [2.75, 3.05) is 21.3 Å². The summed E-state index contributed by atoms with van der Waals surface area (Å²) in [7, 11) is 0.270. The summed E-state index contributed by atoms with van der Waals surface area (Å²) in [6, 6.07) is 17.6. The Kier molecular flexibility index (Phi) is 8.97. The summed E-state index contributed by atoms with van der Waals surface area (Å²) in [5.41, 5.74) is 1.55. The number of carbonyl (C=O) groups is 1. The van der Waals surface area contributed by atoms with Crippen molar-refractivity contribution in [3.63, 3.8) is 0 Å². The molecule has 0 saturated carbocycles. The van der Waals surface area contributed by atoms with Gasteiger partial charge in [0.2, 0.25) is 15.9 Å². The second kappa shape index (κ2) is 11.9. The Morgan fingerprint density at radius 1 is 0.857 bits per heavy atom. The van der Waals surface area contributed by atoms with Crippen LogP contribution in [-0.4, -0.2) is 41.7 Å². The van der Waals surface area contributed by atoms with Crippen molar-refractivity contribution in [3.8, 4) is 17.2 Å². The van der Waals surface area contributed by atoms with Gasteiger partial charge in [0.15, 0.2) is 11.5 Å². The second-order valence-corrected chi connectivity index (χ2v) is 9.68. The van der Waals surface area contributed by atoms with Crippen molar-refractivity contribution in [3.05, 3.63) is 82.9 Å². The van der Waals surface area contributed by atoms with E-state index >= 15 is 0 Å². The number of hydrogen-bond acceptors (Lipinski definition) is 6. The first-order valence-corrected chi connectivity index (χ1v) is 12.5. The van der Waals surface area contributed by atoms with Crippen LogP contribution in [0.1, 0.15) is 11.1 Å². The molecule has 0 aliphatic heterocycles. The largest absolute Gasteiger partial charge is 0.495 e.